The van der Waals surface area contributed by atoms with Gasteiger partial charge in [0.05, 0.1) is 18.9 Å². The first kappa shape index (κ1) is 23.3. The number of carbonyl (C=O) groups is 1. The minimum atomic E-state index is -4.77. The van der Waals surface area contributed by atoms with E-state index in [9.17, 15) is 18.0 Å². The van der Waals surface area contributed by atoms with Gasteiger partial charge < -0.3 is 20.1 Å². The standard InChI is InChI=1S/C21H27F3N6O3/c22-21(23,24)33-17-3-1-16(2-4-17)30-18(20(25)31)15-19(26-30)29-9-7-27(8-10-29)5-6-28-11-13-32-14-12-28/h1-4,15H,5-14H2,(H2,25,31). The van der Waals surface area contributed by atoms with E-state index in [2.05, 4.69) is 24.5 Å². The number of piperazine rings is 1. The van der Waals surface area contributed by atoms with Crippen LogP contribution in [0.1, 0.15) is 10.5 Å². The zero-order chi connectivity index (χ0) is 23.4. The van der Waals surface area contributed by atoms with E-state index in [1.54, 1.807) is 6.07 Å². The first-order valence-electron chi connectivity index (χ1n) is 10.8. The molecule has 2 N–H and O–H groups in total. The second-order valence-corrected chi connectivity index (χ2v) is 7.99. The largest absolute Gasteiger partial charge is 0.573 e. The topological polar surface area (TPSA) is 89.1 Å². The summed E-state index contributed by atoms with van der Waals surface area (Å²) >= 11 is 0. The molecule has 1 aromatic carbocycles. The van der Waals surface area contributed by atoms with Crippen molar-refractivity contribution in [2.45, 2.75) is 6.36 Å². The fourth-order valence-electron chi connectivity index (χ4n) is 3.99. The fraction of sp³-hybridized carbons (Fsp3) is 0.524. The molecule has 0 unspecified atom stereocenters. The molecule has 4 rings (SSSR count). The Morgan fingerprint density at radius 2 is 1.61 bits per heavy atom. The lowest BCUT2D eigenvalue weighted by atomic mass is 10.2. The third kappa shape index (κ3) is 6.15. The Labute approximate surface area is 189 Å². The highest BCUT2D eigenvalue weighted by Gasteiger charge is 2.31. The predicted molar refractivity (Wildman–Crippen MR) is 115 cm³/mol. The summed E-state index contributed by atoms with van der Waals surface area (Å²) in [5, 5.41) is 4.51. The number of benzene rings is 1. The minimum absolute atomic E-state index is 0.157. The number of hydrogen-bond donors (Lipinski definition) is 1. The van der Waals surface area contributed by atoms with Crippen LogP contribution in [0.15, 0.2) is 30.3 Å². The quantitative estimate of drug-likeness (QED) is 0.656. The van der Waals surface area contributed by atoms with Crippen LogP contribution in [0, 0.1) is 0 Å². The van der Waals surface area contributed by atoms with Crippen LogP contribution in [0.5, 0.6) is 5.75 Å². The molecule has 2 aliphatic heterocycles. The molecule has 12 heteroatoms. The van der Waals surface area contributed by atoms with Crippen LogP contribution in [0.4, 0.5) is 19.0 Å². The van der Waals surface area contributed by atoms with E-state index in [4.69, 9.17) is 10.5 Å². The molecule has 33 heavy (non-hydrogen) atoms. The molecule has 3 heterocycles. The highest BCUT2D eigenvalue weighted by atomic mass is 19.4. The van der Waals surface area contributed by atoms with Gasteiger partial charge in [0.2, 0.25) is 0 Å². The molecule has 2 fully saturated rings. The summed E-state index contributed by atoms with van der Waals surface area (Å²) in [5.74, 6) is -0.423. The SMILES string of the molecule is NC(=O)c1cc(N2CCN(CCN3CCOCC3)CC2)nn1-c1ccc(OC(F)(F)F)cc1. The van der Waals surface area contributed by atoms with Crippen molar-refractivity contribution in [3.63, 3.8) is 0 Å². The number of aromatic nitrogens is 2. The van der Waals surface area contributed by atoms with Crippen LogP contribution in [-0.2, 0) is 4.74 Å². The lowest BCUT2D eigenvalue weighted by molar-refractivity contribution is -0.274. The maximum Gasteiger partial charge on any atom is 0.573 e. The number of amides is 1. The fourth-order valence-corrected chi connectivity index (χ4v) is 3.99. The Balaban J connectivity index is 1.39. The molecule has 0 radical (unpaired) electrons. The van der Waals surface area contributed by atoms with E-state index >= 15 is 0 Å². The molecule has 2 aliphatic rings. The van der Waals surface area contributed by atoms with Gasteiger partial charge >= 0.3 is 6.36 Å². The molecular weight excluding hydrogens is 441 g/mol. The van der Waals surface area contributed by atoms with E-state index in [1.807, 2.05) is 0 Å². The monoisotopic (exact) mass is 468 g/mol. The van der Waals surface area contributed by atoms with Gasteiger partial charge in [0.1, 0.15) is 11.4 Å². The number of anilines is 1. The highest BCUT2D eigenvalue weighted by Crippen LogP contribution is 2.25. The van der Waals surface area contributed by atoms with Gasteiger partial charge in [0, 0.05) is 58.4 Å². The van der Waals surface area contributed by atoms with Gasteiger partial charge in [-0.05, 0) is 24.3 Å². The first-order chi connectivity index (χ1) is 15.8. The van der Waals surface area contributed by atoms with Gasteiger partial charge in [0.25, 0.3) is 5.91 Å². The lowest BCUT2D eigenvalue weighted by Gasteiger charge is -2.36. The van der Waals surface area contributed by atoms with E-state index in [1.165, 1.54) is 28.9 Å². The van der Waals surface area contributed by atoms with Crippen LogP contribution >= 0.6 is 0 Å². The van der Waals surface area contributed by atoms with Crippen molar-refractivity contribution in [3.8, 4) is 11.4 Å². The van der Waals surface area contributed by atoms with Crippen molar-refractivity contribution in [2.24, 2.45) is 5.73 Å². The van der Waals surface area contributed by atoms with E-state index in [0.717, 1.165) is 65.6 Å². The molecule has 9 nitrogen and oxygen atoms in total. The number of nitrogens with zero attached hydrogens (tertiary/aromatic N) is 5. The summed E-state index contributed by atoms with van der Waals surface area (Å²) in [6.45, 7) is 8.74. The Hall–Kier alpha value is -2.83. The van der Waals surface area contributed by atoms with E-state index in [-0.39, 0.29) is 11.4 Å². The zero-order valence-electron chi connectivity index (χ0n) is 18.1. The summed E-state index contributed by atoms with van der Waals surface area (Å²) in [4.78, 5) is 18.9. The minimum Gasteiger partial charge on any atom is -0.406 e. The predicted octanol–water partition coefficient (Wildman–Crippen LogP) is 1.32. The van der Waals surface area contributed by atoms with Gasteiger partial charge in [-0.2, -0.15) is 0 Å². The van der Waals surface area contributed by atoms with Gasteiger partial charge in [-0.3, -0.25) is 14.6 Å². The van der Waals surface area contributed by atoms with Crippen molar-refractivity contribution in [1.82, 2.24) is 19.6 Å². The van der Waals surface area contributed by atoms with Crippen molar-refractivity contribution in [1.29, 1.82) is 0 Å². The van der Waals surface area contributed by atoms with Crippen LogP contribution in [0.25, 0.3) is 5.69 Å². The summed E-state index contributed by atoms with van der Waals surface area (Å²) in [6, 6.07) is 6.75. The highest BCUT2D eigenvalue weighted by molar-refractivity contribution is 5.92. The van der Waals surface area contributed by atoms with Gasteiger partial charge in [0.15, 0.2) is 5.82 Å². The molecule has 0 aliphatic carbocycles. The van der Waals surface area contributed by atoms with Crippen molar-refractivity contribution in [2.75, 3.05) is 70.5 Å². The number of halogens is 3. The number of rotatable bonds is 7. The zero-order valence-corrected chi connectivity index (χ0v) is 18.1. The Bertz CT molecular complexity index is 936. The van der Waals surface area contributed by atoms with Crippen LogP contribution in [0.2, 0.25) is 0 Å². The number of primary amides is 1. The van der Waals surface area contributed by atoms with E-state index < -0.39 is 12.3 Å². The summed E-state index contributed by atoms with van der Waals surface area (Å²) < 4.78 is 47.8. The molecule has 0 saturated carbocycles. The number of carbonyl (C=O) groups excluding carboxylic acids is 1. The number of alkyl halides is 3. The Morgan fingerprint density at radius 1 is 1.00 bits per heavy atom. The molecule has 0 atom stereocenters. The second kappa shape index (κ2) is 9.98. The Morgan fingerprint density at radius 3 is 2.18 bits per heavy atom. The molecule has 2 aromatic rings. The molecule has 0 bridgehead atoms. The summed E-state index contributed by atoms with van der Waals surface area (Å²) in [6.07, 6.45) is -4.77. The molecule has 0 spiro atoms. The number of nitrogens with two attached hydrogens (primary N) is 1. The maximum atomic E-state index is 12.4. The van der Waals surface area contributed by atoms with Crippen LogP contribution in [-0.4, -0.2) is 97.4 Å². The second-order valence-electron chi connectivity index (χ2n) is 7.99. The molecular formula is C21H27F3N6O3. The maximum absolute atomic E-state index is 12.4. The average molecular weight is 468 g/mol. The number of hydrogen-bond acceptors (Lipinski definition) is 7. The average Bonchev–Trinajstić information content (AvgIpc) is 3.24. The van der Waals surface area contributed by atoms with Crippen molar-refractivity contribution >= 4 is 11.7 Å². The molecule has 1 amide bonds. The molecule has 180 valence electrons. The number of ether oxygens (including phenoxy) is 2. The van der Waals surface area contributed by atoms with Crippen LogP contribution < -0.4 is 15.4 Å². The normalized spacial score (nSPS) is 18.5. The number of morpholine rings is 1. The third-order valence-electron chi connectivity index (χ3n) is 5.80. The van der Waals surface area contributed by atoms with Gasteiger partial charge in [-0.25, -0.2) is 4.68 Å². The smallest absolute Gasteiger partial charge is 0.406 e. The molecule has 1 aromatic heterocycles. The van der Waals surface area contributed by atoms with E-state index in [0.29, 0.717) is 11.5 Å². The first-order valence-corrected chi connectivity index (χ1v) is 10.8. The van der Waals surface area contributed by atoms with Crippen molar-refractivity contribution < 1.29 is 27.4 Å². The molecule has 2 saturated heterocycles. The summed E-state index contributed by atoms with van der Waals surface area (Å²) in [5.41, 5.74) is 6.09. The van der Waals surface area contributed by atoms with Crippen molar-refractivity contribution in [3.05, 3.63) is 36.0 Å². The van der Waals surface area contributed by atoms with Gasteiger partial charge in [-0.15, -0.1) is 18.3 Å². The lowest BCUT2D eigenvalue weighted by Crippen LogP contribution is -2.49. The summed E-state index contributed by atoms with van der Waals surface area (Å²) in [7, 11) is 0. The van der Waals surface area contributed by atoms with Crippen LogP contribution in [0.3, 0.4) is 0 Å². The third-order valence-corrected chi connectivity index (χ3v) is 5.80. The Kier molecular flexibility index (Phi) is 7.05. The van der Waals surface area contributed by atoms with Gasteiger partial charge in [-0.1, -0.05) is 0 Å².